The predicted molar refractivity (Wildman–Crippen MR) is 111 cm³/mol. The summed E-state index contributed by atoms with van der Waals surface area (Å²) in [6, 6.07) is 16.1. The Morgan fingerprint density at radius 1 is 0.933 bits per heavy atom. The Balaban J connectivity index is 1.78. The number of allylic oxidation sites excluding steroid dienone is 2. The van der Waals surface area contributed by atoms with Crippen LogP contribution in [0.3, 0.4) is 0 Å². The topological polar surface area (TPSA) is 83.8 Å². The summed E-state index contributed by atoms with van der Waals surface area (Å²) in [6.07, 6.45) is 1.15. The molecule has 2 atom stereocenters. The second kappa shape index (κ2) is 7.84. The lowest BCUT2D eigenvalue weighted by Crippen LogP contribution is -2.47. The van der Waals surface area contributed by atoms with Gasteiger partial charge in [-0.25, -0.2) is 10.0 Å². The largest absolute Gasteiger partial charge is 0.294 e. The van der Waals surface area contributed by atoms with Crippen molar-refractivity contribution in [2.45, 2.75) is 31.1 Å². The fourth-order valence-corrected chi connectivity index (χ4v) is 4.56. The summed E-state index contributed by atoms with van der Waals surface area (Å²) in [4.78, 5) is 36.9. The fraction of sp³-hybridized carbons (Fsp3) is 0.304. The Morgan fingerprint density at radius 3 is 2.20 bits per heavy atom. The summed E-state index contributed by atoms with van der Waals surface area (Å²) in [5, 5.41) is 14.3. The lowest BCUT2D eigenvalue weighted by Gasteiger charge is -2.42. The number of rotatable bonds is 4. The number of hydrazine groups is 1. The molecule has 2 aromatic carbocycles. The molecule has 1 aliphatic carbocycles. The molecule has 1 aliphatic heterocycles. The zero-order chi connectivity index (χ0) is 21.4. The van der Waals surface area contributed by atoms with E-state index in [1.807, 2.05) is 30.3 Å². The van der Waals surface area contributed by atoms with Crippen molar-refractivity contribution in [3.05, 3.63) is 87.1 Å². The number of hydrogen-bond donors (Lipinski definition) is 0. The van der Waals surface area contributed by atoms with Crippen molar-refractivity contribution < 1.29 is 14.5 Å². The van der Waals surface area contributed by atoms with Crippen LogP contribution in [0.4, 0.5) is 5.69 Å². The van der Waals surface area contributed by atoms with Crippen molar-refractivity contribution in [1.82, 2.24) is 10.0 Å². The first-order valence-corrected chi connectivity index (χ1v) is 9.92. The molecule has 0 bridgehead atoms. The van der Waals surface area contributed by atoms with E-state index >= 15 is 0 Å². The molecule has 0 radical (unpaired) electrons. The number of nitro benzene ring substituents is 1. The van der Waals surface area contributed by atoms with Gasteiger partial charge in [0, 0.05) is 56.3 Å². The molecule has 4 rings (SSSR count). The van der Waals surface area contributed by atoms with Gasteiger partial charge in [0.2, 0.25) is 5.91 Å². The molecule has 7 nitrogen and oxygen atoms in total. The monoisotopic (exact) mass is 405 g/mol. The molecule has 0 spiro atoms. The van der Waals surface area contributed by atoms with Crippen molar-refractivity contribution in [1.29, 1.82) is 0 Å². The van der Waals surface area contributed by atoms with Crippen LogP contribution in [0.5, 0.6) is 0 Å². The first-order chi connectivity index (χ1) is 14.4. The van der Waals surface area contributed by atoms with Gasteiger partial charge in [0.05, 0.1) is 4.92 Å². The first-order valence-electron chi connectivity index (χ1n) is 9.92. The van der Waals surface area contributed by atoms with Crippen LogP contribution in [0.15, 0.2) is 65.9 Å². The average Bonchev–Trinajstić information content (AvgIpc) is 2.73. The maximum atomic E-state index is 13.3. The van der Waals surface area contributed by atoms with Crippen LogP contribution in [0, 0.1) is 10.1 Å². The zero-order valence-corrected chi connectivity index (χ0v) is 16.9. The number of nitrogens with zero attached hydrogens (tertiary/aromatic N) is 3. The third-order valence-corrected chi connectivity index (χ3v) is 5.88. The molecule has 0 saturated carbocycles. The predicted octanol–water partition coefficient (Wildman–Crippen LogP) is 3.79. The van der Waals surface area contributed by atoms with Gasteiger partial charge in [-0.05, 0) is 23.5 Å². The maximum Gasteiger partial charge on any atom is 0.269 e. The zero-order valence-electron chi connectivity index (χ0n) is 16.9. The van der Waals surface area contributed by atoms with E-state index < -0.39 is 4.92 Å². The van der Waals surface area contributed by atoms with E-state index in [1.165, 1.54) is 12.1 Å². The Hall–Kier alpha value is -3.32. The van der Waals surface area contributed by atoms with Crippen molar-refractivity contribution >= 4 is 17.4 Å². The van der Waals surface area contributed by atoms with Gasteiger partial charge < -0.3 is 0 Å². The number of non-ortho nitro benzene ring substituents is 1. The summed E-state index contributed by atoms with van der Waals surface area (Å²) in [6.45, 7) is 0. The van der Waals surface area contributed by atoms with Gasteiger partial charge in [0.15, 0.2) is 5.78 Å². The molecule has 0 N–H and O–H groups in total. The molecule has 0 unspecified atom stereocenters. The number of ketones is 1. The van der Waals surface area contributed by atoms with Crippen LogP contribution in [0.25, 0.3) is 0 Å². The third kappa shape index (κ3) is 3.52. The van der Waals surface area contributed by atoms with Gasteiger partial charge in [-0.3, -0.25) is 19.7 Å². The van der Waals surface area contributed by atoms with Crippen LogP contribution in [0.1, 0.15) is 42.2 Å². The normalized spacial score (nSPS) is 21.8. The highest BCUT2D eigenvalue weighted by Gasteiger charge is 2.42. The van der Waals surface area contributed by atoms with E-state index in [0.29, 0.717) is 18.4 Å². The van der Waals surface area contributed by atoms with Gasteiger partial charge in [0.25, 0.3) is 5.69 Å². The van der Waals surface area contributed by atoms with E-state index in [4.69, 9.17) is 0 Å². The SMILES string of the molecule is CN(C)N1C(=O)C[C@@H](c2ccc([N+](=O)[O-])cc2)C2=C1C[C@H](c1ccccc1)CC2=O. The van der Waals surface area contributed by atoms with Crippen LogP contribution >= 0.6 is 0 Å². The van der Waals surface area contributed by atoms with E-state index in [1.54, 1.807) is 36.2 Å². The minimum atomic E-state index is -0.454. The molecule has 7 heteroatoms. The number of benzene rings is 2. The lowest BCUT2D eigenvalue weighted by atomic mass is 9.73. The standard InChI is InChI=1S/C23H23N3O4/c1-24(2)25-20-12-17(15-6-4-3-5-7-15)13-21(27)23(20)19(14-22(25)28)16-8-10-18(11-9-16)26(29)30/h3-11,17,19H,12-14H2,1-2H3/t17-,19-/m0/s1. The molecule has 1 heterocycles. The van der Waals surface area contributed by atoms with E-state index in [9.17, 15) is 19.7 Å². The minimum Gasteiger partial charge on any atom is -0.294 e. The summed E-state index contributed by atoms with van der Waals surface area (Å²) < 4.78 is 0. The number of carbonyl (C=O) groups is 2. The molecular weight excluding hydrogens is 382 g/mol. The second-order valence-corrected chi connectivity index (χ2v) is 7.96. The fourth-order valence-electron chi connectivity index (χ4n) is 4.56. The van der Waals surface area contributed by atoms with Crippen LogP contribution in [-0.2, 0) is 9.59 Å². The van der Waals surface area contributed by atoms with Gasteiger partial charge >= 0.3 is 0 Å². The first kappa shape index (κ1) is 20.0. The van der Waals surface area contributed by atoms with Gasteiger partial charge in [-0.15, -0.1) is 0 Å². The second-order valence-electron chi connectivity index (χ2n) is 7.96. The Bertz CT molecular complexity index is 1030. The molecule has 0 aromatic heterocycles. The molecule has 1 amide bonds. The summed E-state index contributed by atoms with van der Waals surface area (Å²) in [7, 11) is 3.59. The van der Waals surface area contributed by atoms with E-state index in [-0.39, 0.29) is 35.6 Å². The number of hydrogen-bond acceptors (Lipinski definition) is 5. The number of nitro groups is 1. The highest BCUT2D eigenvalue weighted by Crippen LogP contribution is 2.45. The van der Waals surface area contributed by atoms with Crippen LogP contribution in [-0.4, -0.2) is 40.7 Å². The number of carbonyl (C=O) groups excluding carboxylic acids is 2. The number of amides is 1. The lowest BCUT2D eigenvalue weighted by molar-refractivity contribution is -0.384. The van der Waals surface area contributed by atoms with E-state index in [2.05, 4.69) is 0 Å². The van der Waals surface area contributed by atoms with Crippen molar-refractivity contribution in [3.63, 3.8) is 0 Å². The summed E-state index contributed by atoms with van der Waals surface area (Å²) in [5.74, 6) is -0.409. The van der Waals surface area contributed by atoms with Gasteiger partial charge in [-0.1, -0.05) is 42.5 Å². The highest BCUT2D eigenvalue weighted by atomic mass is 16.6. The van der Waals surface area contributed by atoms with Crippen molar-refractivity contribution in [3.8, 4) is 0 Å². The van der Waals surface area contributed by atoms with Crippen molar-refractivity contribution in [2.75, 3.05) is 14.1 Å². The average molecular weight is 405 g/mol. The summed E-state index contributed by atoms with van der Waals surface area (Å²) >= 11 is 0. The van der Waals surface area contributed by atoms with Gasteiger partial charge in [0.1, 0.15) is 0 Å². The Morgan fingerprint density at radius 2 is 1.60 bits per heavy atom. The third-order valence-electron chi connectivity index (χ3n) is 5.88. The Labute approximate surface area is 174 Å². The van der Waals surface area contributed by atoms with E-state index in [0.717, 1.165) is 16.8 Å². The van der Waals surface area contributed by atoms with Gasteiger partial charge in [-0.2, -0.15) is 0 Å². The smallest absolute Gasteiger partial charge is 0.269 e. The van der Waals surface area contributed by atoms with Crippen molar-refractivity contribution in [2.24, 2.45) is 0 Å². The van der Waals surface area contributed by atoms with Crippen LogP contribution < -0.4 is 0 Å². The minimum absolute atomic E-state index is 0.0101. The molecule has 30 heavy (non-hydrogen) atoms. The number of Topliss-reactive ketones (excluding diaryl/α,β-unsaturated/α-hetero) is 1. The maximum absolute atomic E-state index is 13.3. The summed E-state index contributed by atoms with van der Waals surface area (Å²) in [5.41, 5.74) is 3.23. The molecule has 2 aliphatic rings. The molecule has 0 saturated heterocycles. The molecular formula is C23H23N3O4. The molecule has 0 fully saturated rings. The highest BCUT2D eigenvalue weighted by molar-refractivity contribution is 6.02. The van der Waals surface area contributed by atoms with Crippen LogP contribution in [0.2, 0.25) is 0 Å². The molecule has 2 aromatic rings. The Kier molecular flexibility index (Phi) is 5.22. The quantitative estimate of drug-likeness (QED) is 0.571. The molecule has 154 valence electrons.